The Morgan fingerprint density at radius 2 is 2.17 bits per heavy atom. The van der Waals surface area contributed by atoms with Gasteiger partial charge in [-0.3, -0.25) is 4.79 Å². The van der Waals surface area contributed by atoms with Gasteiger partial charge in [0.25, 0.3) is 0 Å². The molecular formula is C9H16O3. The van der Waals surface area contributed by atoms with Gasteiger partial charge in [0.2, 0.25) is 0 Å². The molecule has 1 rings (SSSR count). The van der Waals surface area contributed by atoms with Gasteiger partial charge >= 0.3 is 5.97 Å². The van der Waals surface area contributed by atoms with Crippen LogP contribution in [-0.2, 0) is 9.53 Å². The summed E-state index contributed by atoms with van der Waals surface area (Å²) in [5.41, 5.74) is -0.551. The molecule has 1 N–H and O–H groups in total. The maximum Gasteiger partial charge on any atom is 0.314 e. The zero-order valence-electron chi connectivity index (χ0n) is 7.67. The monoisotopic (exact) mass is 172 g/mol. The summed E-state index contributed by atoms with van der Waals surface area (Å²) in [6.45, 7) is 5.01. The molecule has 1 aliphatic heterocycles. The average molecular weight is 172 g/mol. The lowest BCUT2D eigenvalue weighted by molar-refractivity contribution is -0.181. The van der Waals surface area contributed by atoms with Gasteiger partial charge < -0.3 is 9.84 Å². The number of rotatable bonds is 4. The smallest absolute Gasteiger partial charge is 0.314 e. The van der Waals surface area contributed by atoms with Crippen LogP contribution < -0.4 is 0 Å². The molecule has 0 saturated carbocycles. The molecule has 3 heteroatoms. The van der Waals surface area contributed by atoms with Crippen LogP contribution in [0.5, 0.6) is 0 Å². The Kier molecular flexibility index (Phi) is 2.73. The fourth-order valence-electron chi connectivity index (χ4n) is 1.29. The van der Waals surface area contributed by atoms with Crippen LogP contribution in [0.15, 0.2) is 0 Å². The predicted molar refractivity (Wildman–Crippen MR) is 45.0 cm³/mol. The standard InChI is InChI=1S/C9H16O3/c1-7(2)3-4-9(8(10)11)5-12-6-9/h7H,3-6H2,1-2H3,(H,10,11). The van der Waals surface area contributed by atoms with Crippen LogP contribution in [-0.4, -0.2) is 24.3 Å². The van der Waals surface area contributed by atoms with Crippen LogP contribution in [0.2, 0.25) is 0 Å². The van der Waals surface area contributed by atoms with Crippen molar-refractivity contribution in [3.05, 3.63) is 0 Å². The number of carbonyl (C=O) groups is 1. The topological polar surface area (TPSA) is 46.5 Å². The summed E-state index contributed by atoms with van der Waals surface area (Å²) in [6.07, 6.45) is 1.72. The Balaban J connectivity index is 2.40. The van der Waals surface area contributed by atoms with Gasteiger partial charge in [0.15, 0.2) is 0 Å². The van der Waals surface area contributed by atoms with E-state index in [9.17, 15) is 4.79 Å². The first-order chi connectivity index (χ1) is 5.57. The van der Waals surface area contributed by atoms with E-state index < -0.39 is 11.4 Å². The van der Waals surface area contributed by atoms with E-state index in [1.807, 2.05) is 0 Å². The van der Waals surface area contributed by atoms with Gasteiger partial charge in [0.05, 0.1) is 13.2 Å². The summed E-state index contributed by atoms with van der Waals surface area (Å²) < 4.78 is 4.95. The SMILES string of the molecule is CC(C)CCC1(C(=O)O)COC1. The molecule has 0 atom stereocenters. The molecule has 0 aromatic carbocycles. The van der Waals surface area contributed by atoms with Crippen molar-refractivity contribution < 1.29 is 14.6 Å². The third-order valence-electron chi connectivity index (χ3n) is 2.41. The molecule has 0 amide bonds. The van der Waals surface area contributed by atoms with Gasteiger partial charge in [-0.25, -0.2) is 0 Å². The van der Waals surface area contributed by atoms with E-state index >= 15 is 0 Å². The fraction of sp³-hybridized carbons (Fsp3) is 0.889. The van der Waals surface area contributed by atoms with Crippen molar-refractivity contribution in [3.63, 3.8) is 0 Å². The molecule has 1 saturated heterocycles. The zero-order valence-corrected chi connectivity index (χ0v) is 7.67. The zero-order chi connectivity index (χ0) is 9.19. The fourth-order valence-corrected chi connectivity index (χ4v) is 1.29. The predicted octanol–water partition coefficient (Wildman–Crippen LogP) is 1.52. The van der Waals surface area contributed by atoms with Crippen LogP contribution in [0.25, 0.3) is 0 Å². The van der Waals surface area contributed by atoms with Crippen LogP contribution >= 0.6 is 0 Å². The number of hydrogen-bond acceptors (Lipinski definition) is 2. The van der Waals surface area contributed by atoms with Crippen molar-refractivity contribution in [1.82, 2.24) is 0 Å². The van der Waals surface area contributed by atoms with Gasteiger partial charge in [0, 0.05) is 0 Å². The Labute approximate surface area is 72.7 Å². The molecule has 0 spiro atoms. The number of aliphatic carboxylic acids is 1. The molecule has 1 heterocycles. The molecular weight excluding hydrogens is 156 g/mol. The van der Waals surface area contributed by atoms with E-state index in [-0.39, 0.29) is 0 Å². The second-order valence-electron chi connectivity index (χ2n) is 4.01. The van der Waals surface area contributed by atoms with Gasteiger partial charge in [-0.15, -0.1) is 0 Å². The first kappa shape index (κ1) is 9.52. The van der Waals surface area contributed by atoms with E-state index in [0.717, 1.165) is 12.8 Å². The minimum absolute atomic E-state index is 0.398. The molecule has 0 aromatic rings. The largest absolute Gasteiger partial charge is 0.481 e. The van der Waals surface area contributed by atoms with Gasteiger partial charge in [-0.1, -0.05) is 13.8 Å². The second kappa shape index (κ2) is 3.44. The van der Waals surface area contributed by atoms with Crippen molar-refractivity contribution in [2.24, 2.45) is 11.3 Å². The lowest BCUT2D eigenvalue weighted by Gasteiger charge is -2.37. The van der Waals surface area contributed by atoms with Crippen molar-refractivity contribution >= 4 is 5.97 Å². The van der Waals surface area contributed by atoms with Crippen LogP contribution in [0.1, 0.15) is 26.7 Å². The van der Waals surface area contributed by atoms with Crippen LogP contribution in [0.3, 0.4) is 0 Å². The highest BCUT2D eigenvalue weighted by atomic mass is 16.5. The molecule has 0 unspecified atom stereocenters. The first-order valence-electron chi connectivity index (χ1n) is 4.38. The minimum Gasteiger partial charge on any atom is -0.481 e. The van der Waals surface area contributed by atoms with Crippen LogP contribution in [0.4, 0.5) is 0 Å². The Morgan fingerprint density at radius 1 is 1.58 bits per heavy atom. The number of carboxylic acid groups (broad SMARTS) is 1. The second-order valence-corrected chi connectivity index (χ2v) is 4.01. The van der Waals surface area contributed by atoms with E-state index in [1.54, 1.807) is 0 Å². The summed E-state index contributed by atoms with van der Waals surface area (Å²) in [4.78, 5) is 10.8. The Bertz CT molecular complexity index is 171. The van der Waals surface area contributed by atoms with Gasteiger partial charge in [-0.05, 0) is 18.8 Å². The highest BCUT2D eigenvalue weighted by molar-refractivity contribution is 5.75. The van der Waals surface area contributed by atoms with Crippen molar-refractivity contribution in [2.75, 3.05) is 13.2 Å². The highest BCUT2D eigenvalue weighted by Gasteiger charge is 2.45. The van der Waals surface area contributed by atoms with E-state index in [0.29, 0.717) is 19.1 Å². The highest BCUT2D eigenvalue weighted by Crippen LogP contribution is 2.34. The Morgan fingerprint density at radius 3 is 2.42 bits per heavy atom. The summed E-state index contributed by atoms with van der Waals surface area (Å²) in [7, 11) is 0. The lowest BCUT2D eigenvalue weighted by atomic mass is 9.80. The normalized spacial score (nSPS) is 20.6. The third-order valence-corrected chi connectivity index (χ3v) is 2.41. The molecule has 0 bridgehead atoms. The molecule has 12 heavy (non-hydrogen) atoms. The molecule has 70 valence electrons. The van der Waals surface area contributed by atoms with Crippen molar-refractivity contribution in [1.29, 1.82) is 0 Å². The van der Waals surface area contributed by atoms with E-state index in [2.05, 4.69) is 13.8 Å². The molecule has 1 fully saturated rings. The first-order valence-corrected chi connectivity index (χ1v) is 4.38. The maximum atomic E-state index is 10.8. The number of ether oxygens (including phenoxy) is 1. The number of hydrogen-bond donors (Lipinski definition) is 1. The summed E-state index contributed by atoms with van der Waals surface area (Å²) in [5.74, 6) is -0.128. The summed E-state index contributed by atoms with van der Waals surface area (Å²) >= 11 is 0. The van der Waals surface area contributed by atoms with E-state index in [1.165, 1.54) is 0 Å². The van der Waals surface area contributed by atoms with E-state index in [4.69, 9.17) is 9.84 Å². The van der Waals surface area contributed by atoms with Crippen molar-refractivity contribution in [2.45, 2.75) is 26.7 Å². The van der Waals surface area contributed by atoms with Gasteiger partial charge in [0.1, 0.15) is 5.41 Å². The minimum atomic E-state index is -0.700. The Hall–Kier alpha value is -0.570. The molecule has 3 nitrogen and oxygen atoms in total. The van der Waals surface area contributed by atoms with Crippen molar-refractivity contribution in [3.8, 4) is 0 Å². The molecule has 0 aliphatic carbocycles. The van der Waals surface area contributed by atoms with Gasteiger partial charge in [-0.2, -0.15) is 0 Å². The third kappa shape index (κ3) is 1.78. The quantitative estimate of drug-likeness (QED) is 0.699. The molecule has 1 aliphatic rings. The van der Waals surface area contributed by atoms with Crippen LogP contribution in [0, 0.1) is 11.3 Å². The molecule has 0 aromatic heterocycles. The lowest BCUT2D eigenvalue weighted by Crippen LogP contribution is -2.49. The number of carboxylic acids is 1. The molecule has 0 radical (unpaired) electrons. The summed E-state index contributed by atoms with van der Waals surface area (Å²) in [6, 6.07) is 0. The maximum absolute atomic E-state index is 10.8. The average Bonchev–Trinajstić information content (AvgIpc) is 1.83. The summed E-state index contributed by atoms with van der Waals surface area (Å²) in [5, 5.41) is 8.92.